The minimum absolute atomic E-state index is 0.456. The highest BCUT2D eigenvalue weighted by atomic mass is 35.5. The van der Waals surface area contributed by atoms with E-state index >= 15 is 0 Å². The lowest BCUT2D eigenvalue weighted by atomic mass is 10.3. The summed E-state index contributed by atoms with van der Waals surface area (Å²) >= 11 is 17.9. The van der Waals surface area contributed by atoms with Crippen molar-refractivity contribution in [1.29, 1.82) is 0 Å². The van der Waals surface area contributed by atoms with Crippen LogP contribution in [-0.4, -0.2) is 24.8 Å². The second-order valence-electron chi connectivity index (χ2n) is 4.61. The Balaban J connectivity index is 1.73. The van der Waals surface area contributed by atoms with Crippen molar-refractivity contribution in [2.45, 2.75) is 6.54 Å². The van der Waals surface area contributed by atoms with Crippen LogP contribution in [-0.2, 0) is 13.6 Å². The smallest absolute Gasteiger partial charge is 0.167 e. The molecular weight excluding hydrogens is 347 g/mol. The molecule has 0 aliphatic heterocycles. The molecule has 6 nitrogen and oxygen atoms in total. The molecule has 2 aromatic heterocycles. The van der Waals surface area contributed by atoms with Crippen molar-refractivity contribution < 1.29 is 0 Å². The minimum atomic E-state index is 0.456. The molecule has 2 heterocycles. The topological polar surface area (TPSA) is 60.6 Å². The predicted octanol–water partition coefficient (Wildman–Crippen LogP) is 3.57. The Hall–Kier alpha value is -1.76. The van der Waals surface area contributed by atoms with Gasteiger partial charge in [-0.15, -0.1) is 5.10 Å². The summed E-state index contributed by atoms with van der Waals surface area (Å²) in [5.41, 5.74) is 1.52. The number of hydrogen-bond donors (Lipinski definition) is 1. The quantitative estimate of drug-likeness (QED) is 0.775. The van der Waals surface area contributed by atoms with Crippen LogP contribution in [0.5, 0.6) is 0 Å². The van der Waals surface area contributed by atoms with Gasteiger partial charge in [-0.3, -0.25) is 4.68 Å². The van der Waals surface area contributed by atoms with Crippen molar-refractivity contribution >= 4 is 40.6 Å². The summed E-state index contributed by atoms with van der Waals surface area (Å²) < 4.78 is 3.26. The number of anilines is 1. The molecule has 1 N–H and O–H groups in total. The van der Waals surface area contributed by atoms with Crippen LogP contribution in [0.25, 0.3) is 5.69 Å². The molecule has 0 atom stereocenters. The average Bonchev–Trinajstić information content (AvgIpc) is 3.06. The summed E-state index contributed by atoms with van der Waals surface area (Å²) in [7, 11) is 1.80. The Morgan fingerprint density at radius 3 is 2.59 bits per heavy atom. The van der Waals surface area contributed by atoms with Gasteiger partial charge in [0.15, 0.2) is 5.82 Å². The molecule has 0 spiro atoms. The Labute approximate surface area is 141 Å². The number of aryl methyl sites for hydroxylation is 1. The van der Waals surface area contributed by atoms with Crippen LogP contribution < -0.4 is 5.32 Å². The van der Waals surface area contributed by atoms with E-state index in [1.807, 2.05) is 6.07 Å². The zero-order chi connectivity index (χ0) is 15.7. The normalized spacial score (nSPS) is 10.9. The minimum Gasteiger partial charge on any atom is -0.362 e. The second kappa shape index (κ2) is 6.16. The first-order chi connectivity index (χ1) is 10.5. The zero-order valence-electron chi connectivity index (χ0n) is 11.5. The molecule has 0 amide bonds. The van der Waals surface area contributed by atoms with Gasteiger partial charge in [-0.05, 0) is 18.2 Å². The Morgan fingerprint density at radius 2 is 1.91 bits per heavy atom. The van der Waals surface area contributed by atoms with Gasteiger partial charge < -0.3 is 5.32 Å². The maximum atomic E-state index is 6.03. The van der Waals surface area contributed by atoms with Crippen LogP contribution in [0.15, 0.2) is 30.6 Å². The molecule has 0 fully saturated rings. The molecule has 0 aliphatic rings. The van der Waals surface area contributed by atoms with Gasteiger partial charge in [0.05, 0.1) is 28.5 Å². The second-order valence-corrected chi connectivity index (χ2v) is 5.83. The van der Waals surface area contributed by atoms with Gasteiger partial charge in [0.2, 0.25) is 0 Å². The molecule has 0 bridgehead atoms. The Bertz CT molecular complexity index is 810. The van der Waals surface area contributed by atoms with Gasteiger partial charge in [0.25, 0.3) is 0 Å². The van der Waals surface area contributed by atoms with Gasteiger partial charge in [-0.25, -0.2) is 4.68 Å². The van der Waals surface area contributed by atoms with Crippen LogP contribution in [0.4, 0.5) is 5.82 Å². The van der Waals surface area contributed by atoms with Crippen molar-refractivity contribution in [1.82, 2.24) is 24.8 Å². The Kier molecular flexibility index (Phi) is 4.24. The van der Waals surface area contributed by atoms with Gasteiger partial charge >= 0.3 is 0 Å². The van der Waals surface area contributed by atoms with Crippen LogP contribution in [0, 0.1) is 0 Å². The first kappa shape index (κ1) is 15.1. The fraction of sp³-hybridized carbons (Fsp3) is 0.154. The Morgan fingerprint density at radius 1 is 1.09 bits per heavy atom. The third-order valence-electron chi connectivity index (χ3n) is 2.93. The van der Waals surface area contributed by atoms with E-state index in [2.05, 4.69) is 20.7 Å². The van der Waals surface area contributed by atoms with Gasteiger partial charge in [-0.2, -0.15) is 5.10 Å². The largest absolute Gasteiger partial charge is 0.362 e. The van der Waals surface area contributed by atoms with E-state index in [0.29, 0.717) is 27.4 Å². The lowest BCUT2D eigenvalue weighted by molar-refractivity contribution is 0.767. The molecule has 0 unspecified atom stereocenters. The maximum absolute atomic E-state index is 6.03. The summed E-state index contributed by atoms with van der Waals surface area (Å²) in [5.74, 6) is 0.605. The number of nitrogens with one attached hydrogen (secondary N) is 1. The number of halogens is 3. The van der Waals surface area contributed by atoms with E-state index in [-0.39, 0.29) is 0 Å². The SMILES string of the molecule is Cn1cc(Cl)c(NCc2cn(-c3ccc(Cl)c(Cl)c3)nn2)n1. The van der Waals surface area contributed by atoms with Crippen LogP contribution in [0.2, 0.25) is 15.1 Å². The number of nitrogens with zero attached hydrogens (tertiary/aromatic N) is 5. The van der Waals surface area contributed by atoms with E-state index in [4.69, 9.17) is 34.8 Å². The summed E-state index contributed by atoms with van der Waals surface area (Å²) in [6.07, 6.45) is 3.51. The summed E-state index contributed by atoms with van der Waals surface area (Å²) in [6, 6.07) is 5.26. The molecule has 0 saturated carbocycles. The summed E-state index contributed by atoms with van der Waals surface area (Å²) in [5, 5.41) is 17.0. The monoisotopic (exact) mass is 356 g/mol. The first-order valence-corrected chi connectivity index (χ1v) is 7.46. The third kappa shape index (κ3) is 3.19. The molecule has 3 aromatic rings. The van der Waals surface area contributed by atoms with E-state index in [0.717, 1.165) is 11.4 Å². The molecular formula is C13H11Cl3N6. The van der Waals surface area contributed by atoms with Crippen molar-refractivity contribution in [3.63, 3.8) is 0 Å². The molecule has 1 aromatic carbocycles. The van der Waals surface area contributed by atoms with E-state index in [1.165, 1.54) is 0 Å². The molecule has 22 heavy (non-hydrogen) atoms. The average molecular weight is 358 g/mol. The van der Waals surface area contributed by atoms with Crippen molar-refractivity contribution in [2.24, 2.45) is 7.05 Å². The summed E-state index contributed by atoms with van der Waals surface area (Å²) in [6.45, 7) is 0.456. The van der Waals surface area contributed by atoms with Crippen molar-refractivity contribution in [3.8, 4) is 5.69 Å². The van der Waals surface area contributed by atoms with Crippen LogP contribution in [0.3, 0.4) is 0 Å². The molecule has 3 rings (SSSR count). The summed E-state index contributed by atoms with van der Waals surface area (Å²) in [4.78, 5) is 0. The number of hydrogen-bond acceptors (Lipinski definition) is 4. The van der Waals surface area contributed by atoms with Gasteiger partial charge in [0.1, 0.15) is 10.7 Å². The number of rotatable bonds is 4. The predicted molar refractivity (Wildman–Crippen MR) is 86.9 cm³/mol. The molecule has 114 valence electrons. The highest BCUT2D eigenvalue weighted by Crippen LogP contribution is 2.24. The van der Waals surface area contributed by atoms with E-state index in [9.17, 15) is 0 Å². The lowest BCUT2D eigenvalue weighted by Gasteiger charge is -2.02. The number of aromatic nitrogens is 5. The molecule has 0 saturated heterocycles. The third-order valence-corrected chi connectivity index (χ3v) is 3.95. The molecule has 9 heteroatoms. The fourth-order valence-electron chi connectivity index (χ4n) is 1.89. The highest BCUT2D eigenvalue weighted by Gasteiger charge is 2.08. The fourth-order valence-corrected chi connectivity index (χ4v) is 2.42. The molecule has 0 aliphatic carbocycles. The standard InChI is InChI=1S/C13H11Cl3N6/c1-21-7-12(16)13(19-21)17-5-8-6-22(20-18-8)9-2-3-10(14)11(15)4-9/h2-4,6-7H,5H2,1H3,(H,17,19). The molecule has 0 radical (unpaired) electrons. The lowest BCUT2D eigenvalue weighted by Crippen LogP contribution is -2.01. The van der Waals surface area contributed by atoms with Crippen LogP contribution >= 0.6 is 34.8 Å². The van der Waals surface area contributed by atoms with E-state index in [1.54, 1.807) is 40.9 Å². The first-order valence-electron chi connectivity index (χ1n) is 6.32. The van der Waals surface area contributed by atoms with E-state index < -0.39 is 0 Å². The van der Waals surface area contributed by atoms with Gasteiger partial charge in [0, 0.05) is 13.2 Å². The van der Waals surface area contributed by atoms with Crippen molar-refractivity contribution in [2.75, 3.05) is 5.32 Å². The number of benzene rings is 1. The van der Waals surface area contributed by atoms with Gasteiger partial charge in [-0.1, -0.05) is 40.0 Å². The zero-order valence-corrected chi connectivity index (χ0v) is 13.7. The highest BCUT2D eigenvalue weighted by molar-refractivity contribution is 6.42. The maximum Gasteiger partial charge on any atom is 0.167 e. The van der Waals surface area contributed by atoms with Crippen LogP contribution in [0.1, 0.15) is 5.69 Å². The van der Waals surface area contributed by atoms with Crippen molar-refractivity contribution in [3.05, 3.63) is 51.4 Å².